The van der Waals surface area contributed by atoms with E-state index in [4.69, 9.17) is 0 Å². The maximum atomic E-state index is 4.62. The Balaban J connectivity index is 1.69. The van der Waals surface area contributed by atoms with Gasteiger partial charge in [0.15, 0.2) is 0 Å². The summed E-state index contributed by atoms with van der Waals surface area (Å²) < 4.78 is 0. The fourth-order valence-electron chi connectivity index (χ4n) is 3.30. The van der Waals surface area contributed by atoms with Crippen LogP contribution in [-0.4, -0.2) is 4.98 Å². The van der Waals surface area contributed by atoms with E-state index in [0.29, 0.717) is 5.92 Å². The average Bonchev–Trinajstić information content (AvgIpc) is 2.75. The fourth-order valence-corrected chi connectivity index (χ4v) is 3.30. The van der Waals surface area contributed by atoms with Crippen molar-refractivity contribution in [3.05, 3.63) is 114 Å². The average molecular weight is 335 g/mol. The number of benzene rings is 3. The van der Waals surface area contributed by atoms with Gasteiger partial charge >= 0.3 is 0 Å². The van der Waals surface area contributed by atoms with Crippen LogP contribution in [-0.2, 0) is 0 Å². The van der Waals surface area contributed by atoms with Crippen LogP contribution in [0.4, 0.5) is 0 Å². The molecule has 0 N–H and O–H groups in total. The van der Waals surface area contributed by atoms with Crippen LogP contribution in [0.2, 0.25) is 0 Å². The van der Waals surface area contributed by atoms with E-state index in [1.165, 1.54) is 22.3 Å². The van der Waals surface area contributed by atoms with E-state index >= 15 is 0 Å². The largest absolute Gasteiger partial charge is 0.256 e. The van der Waals surface area contributed by atoms with Crippen LogP contribution in [0.25, 0.3) is 22.4 Å². The third-order valence-electron chi connectivity index (χ3n) is 4.85. The van der Waals surface area contributed by atoms with Crippen molar-refractivity contribution in [3.63, 3.8) is 0 Å². The summed E-state index contributed by atoms with van der Waals surface area (Å²) >= 11 is 0. The Morgan fingerprint density at radius 1 is 0.577 bits per heavy atom. The van der Waals surface area contributed by atoms with Crippen LogP contribution in [0, 0.1) is 0 Å². The second-order valence-corrected chi connectivity index (χ2v) is 6.55. The summed E-state index contributed by atoms with van der Waals surface area (Å²) in [5.74, 6) is 0.343. The molecule has 126 valence electrons. The maximum absolute atomic E-state index is 4.62. The van der Waals surface area contributed by atoms with Crippen molar-refractivity contribution in [1.82, 2.24) is 4.98 Å². The van der Waals surface area contributed by atoms with E-state index in [-0.39, 0.29) is 0 Å². The first-order valence-corrected chi connectivity index (χ1v) is 8.98. The smallest absolute Gasteiger partial charge is 0.0705 e. The highest BCUT2D eigenvalue weighted by Gasteiger charge is 2.10. The van der Waals surface area contributed by atoms with Crippen LogP contribution >= 0.6 is 0 Å². The minimum absolute atomic E-state index is 0.343. The minimum atomic E-state index is 0.343. The summed E-state index contributed by atoms with van der Waals surface area (Å²) in [6, 6.07) is 34.0. The molecule has 4 rings (SSSR count). The Bertz CT molecular complexity index is 991. The maximum Gasteiger partial charge on any atom is 0.0705 e. The molecule has 1 heteroatoms. The van der Waals surface area contributed by atoms with Crippen LogP contribution in [0.15, 0.2) is 103 Å². The molecule has 1 atom stereocenters. The molecule has 0 amide bonds. The summed E-state index contributed by atoms with van der Waals surface area (Å²) in [6.45, 7) is 2.24. The first kappa shape index (κ1) is 16.3. The highest BCUT2D eigenvalue weighted by atomic mass is 14.7. The molecule has 26 heavy (non-hydrogen) atoms. The second-order valence-electron chi connectivity index (χ2n) is 6.55. The topological polar surface area (TPSA) is 12.9 Å². The van der Waals surface area contributed by atoms with Crippen molar-refractivity contribution in [2.45, 2.75) is 12.8 Å². The lowest BCUT2D eigenvalue weighted by Gasteiger charge is -2.14. The molecule has 0 spiro atoms. The van der Waals surface area contributed by atoms with Gasteiger partial charge in [0.05, 0.1) is 5.69 Å². The second kappa shape index (κ2) is 7.37. The van der Waals surface area contributed by atoms with Gasteiger partial charge in [0, 0.05) is 17.7 Å². The first-order valence-electron chi connectivity index (χ1n) is 8.98. The summed E-state index contributed by atoms with van der Waals surface area (Å²) in [5.41, 5.74) is 7.21. The zero-order chi connectivity index (χ0) is 17.8. The third-order valence-corrected chi connectivity index (χ3v) is 4.85. The van der Waals surface area contributed by atoms with Crippen molar-refractivity contribution < 1.29 is 0 Å². The summed E-state index contributed by atoms with van der Waals surface area (Å²) in [4.78, 5) is 4.62. The quantitative estimate of drug-likeness (QED) is 0.411. The van der Waals surface area contributed by atoms with Gasteiger partial charge in [0.1, 0.15) is 0 Å². The molecule has 1 unspecified atom stereocenters. The van der Waals surface area contributed by atoms with Gasteiger partial charge in [-0.25, -0.2) is 0 Å². The Morgan fingerprint density at radius 2 is 1.23 bits per heavy atom. The van der Waals surface area contributed by atoms with Gasteiger partial charge in [0.25, 0.3) is 0 Å². The zero-order valence-electron chi connectivity index (χ0n) is 14.8. The van der Waals surface area contributed by atoms with Gasteiger partial charge in [0.2, 0.25) is 0 Å². The molecule has 0 aliphatic rings. The Labute approximate surface area is 155 Å². The molecule has 0 aliphatic heterocycles. The molecule has 1 heterocycles. The van der Waals surface area contributed by atoms with E-state index in [2.05, 4.69) is 103 Å². The van der Waals surface area contributed by atoms with Gasteiger partial charge in [-0.05, 0) is 40.5 Å². The van der Waals surface area contributed by atoms with E-state index in [9.17, 15) is 0 Å². The van der Waals surface area contributed by atoms with Gasteiger partial charge in [-0.15, -0.1) is 0 Å². The molecule has 1 nitrogen and oxygen atoms in total. The number of nitrogens with zero attached hydrogens (tertiary/aromatic N) is 1. The molecular weight excluding hydrogens is 314 g/mol. The van der Waals surface area contributed by atoms with Crippen LogP contribution in [0.5, 0.6) is 0 Å². The highest BCUT2D eigenvalue weighted by Crippen LogP contribution is 2.29. The predicted octanol–water partition coefficient (Wildman–Crippen LogP) is 6.57. The molecule has 0 bridgehead atoms. The highest BCUT2D eigenvalue weighted by molar-refractivity contribution is 5.71. The summed E-state index contributed by atoms with van der Waals surface area (Å²) in [5, 5.41) is 0. The molecule has 4 aromatic rings. The van der Waals surface area contributed by atoms with E-state index in [1.54, 1.807) is 0 Å². The number of pyridine rings is 1. The van der Waals surface area contributed by atoms with Crippen LogP contribution in [0.1, 0.15) is 24.0 Å². The number of hydrogen-bond donors (Lipinski definition) is 0. The zero-order valence-corrected chi connectivity index (χ0v) is 14.8. The number of hydrogen-bond acceptors (Lipinski definition) is 1. The van der Waals surface area contributed by atoms with Crippen molar-refractivity contribution in [2.24, 2.45) is 0 Å². The first-order chi connectivity index (χ1) is 12.8. The van der Waals surface area contributed by atoms with E-state index in [0.717, 1.165) is 11.3 Å². The van der Waals surface area contributed by atoms with E-state index < -0.39 is 0 Å². The van der Waals surface area contributed by atoms with Crippen molar-refractivity contribution in [2.75, 3.05) is 0 Å². The Morgan fingerprint density at radius 3 is 2.00 bits per heavy atom. The molecule has 0 fully saturated rings. The van der Waals surface area contributed by atoms with Gasteiger partial charge < -0.3 is 0 Å². The number of rotatable bonds is 4. The van der Waals surface area contributed by atoms with Gasteiger partial charge in [-0.1, -0.05) is 85.8 Å². The van der Waals surface area contributed by atoms with Crippen LogP contribution in [0.3, 0.4) is 0 Å². The molecule has 1 aromatic heterocycles. The van der Waals surface area contributed by atoms with Gasteiger partial charge in [-0.3, -0.25) is 4.98 Å². The molecule has 0 saturated heterocycles. The Hall–Kier alpha value is -3.19. The molecule has 0 aliphatic carbocycles. The van der Waals surface area contributed by atoms with Gasteiger partial charge in [-0.2, -0.15) is 0 Å². The van der Waals surface area contributed by atoms with Crippen LogP contribution < -0.4 is 0 Å². The van der Waals surface area contributed by atoms with E-state index in [1.807, 2.05) is 12.3 Å². The Kier molecular flexibility index (Phi) is 4.61. The fraction of sp³-hybridized carbons (Fsp3) is 0.0800. The van der Waals surface area contributed by atoms with Crippen molar-refractivity contribution in [1.29, 1.82) is 0 Å². The molecule has 3 aromatic carbocycles. The lowest BCUT2D eigenvalue weighted by atomic mass is 9.92. The monoisotopic (exact) mass is 335 g/mol. The molecule has 0 saturated carbocycles. The normalized spacial score (nSPS) is 11.9. The minimum Gasteiger partial charge on any atom is -0.256 e. The predicted molar refractivity (Wildman–Crippen MR) is 109 cm³/mol. The lowest BCUT2D eigenvalue weighted by molar-refractivity contribution is 0.918. The SMILES string of the molecule is CC(c1ccccc1)c1ccnc(-c2cccc(-c3ccccc3)c2)c1. The molecule has 0 radical (unpaired) electrons. The number of aromatic nitrogens is 1. The summed E-state index contributed by atoms with van der Waals surface area (Å²) in [6.07, 6.45) is 1.92. The third kappa shape index (κ3) is 3.43. The lowest BCUT2D eigenvalue weighted by Crippen LogP contribution is -1.97. The van der Waals surface area contributed by atoms with Crippen molar-refractivity contribution in [3.8, 4) is 22.4 Å². The molecular formula is C25H21N. The summed E-state index contributed by atoms with van der Waals surface area (Å²) in [7, 11) is 0. The standard InChI is InChI=1S/C25H21N/c1-19(20-9-4-2-5-10-20)22-15-16-26-25(18-22)24-14-8-13-23(17-24)21-11-6-3-7-12-21/h2-19H,1H3. The van der Waals surface area contributed by atoms with Crippen molar-refractivity contribution >= 4 is 0 Å².